The Morgan fingerprint density at radius 3 is 2.97 bits per heavy atom. The molecule has 0 aliphatic carbocycles. The monoisotopic (exact) mass is 489 g/mol. The highest BCUT2D eigenvalue weighted by Gasteiger charge is 2.28. The first-order chi connectivity index (χ1) is 16.9. The van der Waals surface area contributed by atoms with Crippen molar-refractivity contribution in [1.29, 1.82) is 0 Å². The molecular weight excluding hydrogens is 466 g/mol. The van der Waals surface area contributed by atoms with Crippen LogP contribution in [0.2, 0.25) is 5.02 Å². The number of pyridine rings is 1. The molecule has 2 amide bonds. The minimum atomic E-state index is -0.399. The van der Waals surface area contributed by atoms with Crippen molar-refractivity contribution in [3.63, 3.8) is 0 Å². The smallest absolute Gasteiger partial charge is 0.255 e. The van der Waals surface area contributed by atoms with Gasteiger partial charge in [-0.15, -0.1) is 0 Å². The van der Waals surface area contributed by atoms with E-state index in [4.69, 9.17) is 16.3 Å². The molecule has 0 fully saturated rings. The van der Waals surface area contributed by atoms with Crippen molar-refractivity contribution in [2.45, 2.75) is 19.4 Å². The molecule has 4 N–H and O–H groups in total. The molecule has 0 spiro atoms. The standard InChI is InChI=1S/C26H24ClN5O3/c1-4-21(33)30-15(2)8-9-16-14-28-12-10-17(16)23-24(22-19(31-23)11-13-29-26(22)34)32-20-7-5-6-18(27)25(20)35-3/h4-7,10,12,14-15,31-32H,1,11,13H2,2-3H3,(H,29,34)(H,30,33). The van der Waals surface area contributed by atoms with E-state index in [1.54, 1.807) is 31.5 Å². The number of fused-ring (bicyclic) bond motifs is 1. The molecular formula is C26H24ClN5O3. The van der Waals surface area contributed by atoms with Crippen LogP contribution >= 0.6 is 11.6 Å². The molecule has 1 atom stereocenters. The summed E-state index contributed by atoms with van der Waals surface area (Å²) >= 11 is 6.33. The largest absolute Gasteiger partial charge is 0.493 e. The van der Waals surface area contributed by atoms with Gasteiger partial charge in [-0.2, -0.15) is 0 Å². The van der Waals surface area contributed by atoms with Gasteiger partial charge in [-0.25, -0.2) is 0 Å². The molecule has 3 aromatic rings. The van der Waals surface area contributed by atoms with E-state index in [-0.39, 0.29) is 11.8 Å². The highest BCUT2D eigenvalue weighted by Crippen LogP contribution is 2.41. The summed E-state index contributed by atoms with van der Waals surface area (Å²) in [5.41, 5.74) is 4.60. The van der Waals surface area contributed by atoms with E-state index in [0.29, 0.717) is 51.9 Å². The third kappa shape index (κ3) is 5.00. The van der Waals surface area contributed by atoms with E-state index in [9.17, 15) is 9.59 Å². The van der Waals surface area contributed by atoms with Crippen LogP contribution in [-0.2, 0) is 11.2 Å². The van der Waals surface area contributed by atoms with Gasteiger partial charge in [-0.3, -0.25) is 14.6 Å². The number of rotatable bonds is 6. The third-order valence-electron chi connectivity index (χ3n) is 5.45. The number of benzene rings is 1. The molecule has 9 heteroatoms. The van der Waals surface area contributed by atoms with Crippen LogP contribution < -0.4 is 20.7 Å². The van der Waals surface area contributed by atoms with Crippen LogP contribution in [-0.4, -0.2) is 41.5 Å². The number of halogens is 1. The maximum absolute atomic E-state index is 12.9. The summed E-state index contributed by atoms with van der Waals surface area (Å²) in [7, 11) is 1.54. The Bertz CT molecular complexity index is 1370. The lowest BCUT2D eigenvalue weighted by atomic mass is 10.0. The van der Waals surface area contributed by atoms with Gasteiger partial charge in [0.1, 0.15) is 0 Å². The summed E-state index contributed by atoms with van der Waals surface area (Å²) in [5.74, 6) is 6.10. The predicted molar refractivity (Wildman–Crippen MR) is 136 cm³/mol. The van der Waals surface area contributed by atoms with Crippen LogP contribution in [0.25, 0.3) is 11.3 Å². The summed E-state index contributed by atoms with van der Waals surface area (Å²) in [6.07, 6.45) is 5.16. The molecule has 0 bridgehead atoms. The number of aromatic amines is 1. The molecule has 1 aliphatic heterocycles. The fourth-order valence-electron chi connectivity index (χ4n) is 3.86. The molecule has 1 unspecified atom stereocenters. The molecule has 1 aliphatic rings. The Labute approximate surface area is 208 Å². The fraction of sp³-hybridized carbons (Fsp3) is 0.192. The van der Waals surface area contributed by atoms with Gasteiger partial charge in [0.2, 0.25) is 5.91 Å². The van der Waals surface area contributed by atoms with Gasteiger partial charge in [-0.05, 0) is 31.2 Å². The zero-order valence-corrected chi connectivity index (χ0v) is 20.0. The summed E-state index contributed by atoms with van der Waals surface area (Å²) in [4.78, 5) is 32.1. The van der Waals surface area contributed by atoms with E-state index >= 15 is 0 Å². The van der Waals surface area contributed by atoms with E-state index in [1.807, 2.05) is 12.1 Å². The van der Waals surface area contributed by atoms with Gasteiger partial charge in [0.15, 0.2) is 5.75 Å². The van der Waals surface area contributed by atoms with Crippen molar-refractivity contribution in [2.24, 2.45) is 0 Å². The minimum absolute atomic E-state index is 0.181. The summed E-state index contributed by atoms with van der Waals surface area (Å²) in [5, 5.41) is 9.42. The van der Waals surface area contributed by atoms with Gasteiger partial charge in [0.05, 0.1) is 46.4 Å². The quantitative estimate of drug-likeness (QED) is 0.311. The van der Waals surface area contributed by atoms with Crippen molar-refractivity contribution < 1.29 is 14.3 Å². The first-order valence-corrected chi connectivity index (χ1v) is 11.3. The van der Waals surface area contributed by atoms with Crippen LogP contribution in [0.4, 0.5) is 11.4 Å². The lowest BCUT2D eigenvalue weighted by molar-refractivity contribution is -0.116. The Kier molecular flexibility index (Phi) is 7.09. The fourth-order valence-corrected chi connectivity index (χ4v) is 4.11. The number of anilines is 2. The molecule has 178 valence electrons. The molecule has 0 radical (unpaired) electrons. The number of methoxy groups -OCH3 is 1. The topological polar surface area (TPSA) is 108 Å². The van der Waals surface area contributed by atoms with Crippen molar-refractivity contribution in [1.82, 2.24) is 20.6 Å². The summed E-state index contributed by atoms with van der Waals surface area (Å²) < 4.78 is 5.49. The highest BCUT2D eigenvalue weighted by atomic mass is 35.5. The molecule has 35 heavy (non-hydrogen) atoms. The lowest BCUT2D eigenvalue weighted by Crippen LogP contribution is -2.31. The maximum Gasteiger partial charge on any atom is 0.255 e. The number of carbonyl (C=O) groups is 2. The Hall–Kier alpha value is -4.22. The number of aromatic nitrogens is 2. The van der Waals surface area contributed by atoms with Crippen molar-refractivity contribution in [3.8, 4) is 28.8 Å². The number of hydrogen-bond acceptors (Lipinski definition) is 5. The van der Waals surface area contributed by atoms with Crippen molar-refractivity contribution in [2.75, 3.05) is 19.0 Å². The number of nitrogens with zero attached hydrogens (tertiary/aromatic N) is 1. The molecule has 4 rings (SSSR count). The Morgan fingerprint density at radius 1 is 1.37 bits per heavy atom. The average Bonchev–Trinajstić information content (AvgIpc) is 3.22. The van der Waals surface area contributed by atoms with Crippen LogP contribution in [0.5, 0.6) is 5.75 Å². The summed E-state index contributed by atoms with van der Waals surface area (Å²) in [6, 6.07) is 6.78. The molecule has 1 aromatic carbocycles. The zero-order chi connectivity index (χ0) is 24.9. The molecule has 2 aromatic heterocycles. The van der Waals surface area contributed by atoms with Gasteiger partial charge < -0.3 is 25.7 Å². The second kappa shape index (κ2) is 10.4. The second-order valence-corrected chi connectivity index (χ2v) is 8.21. The number of carbonyl (C=O) groups excluding carboxylic acids is 2. The van der Waals surface area contributed by atoms with E-state index in [2.05, 4.69) is 44.3 Å². The number of H-pyrrole nitrogens is 1. The SMILES string of the molecule is C=CC(=O)NC(C)C#Cc1cnccc1-c1[nH]c2c(c1Nc1cccc(Cl)c1OC)C(=O)NCC2. The first-order valence-electron chi connectivity index (χ1n) is 10.9. The van der Waals surface area contributed by atoms with Crippen LogP contribution in [0.15, 0.2) is 49.3 Å². The summed E-state index contributed by atoms with van der Waals surface area (Å²) in [6.45, 7) is 5.77. The van der Waals surface area contributed by atoms with Crippen LogP contribution in [0.3, 0.4) is 0 Å². The Balaban J connectivity index is 1.83. The second-order valence-electron chi connectivity index (χ2n) is 7.81. The van der Waals surface area contributed by atoms with Crippen molar-refractivity contribution >= 4 is 34.8 Å². The van der Waals surface area contributed by atoms with E-state index < -0.39 is 6.04 Å². The predicted octanol–water partition coefficient (Wildman–Crippen LogP) is 3.81. The zero-order valence-electron chi connectivity index (χ0n) is 19.3. The van der Waals surface area contributed by atoms with E-state index in [0.717, 1.165) is 11.3 Å². The number of para-hydroxylation sites is 1. The third-order valence-corrected chi connectivity index (χ3v) is 5.75. The van der Waals surface area contributed by atoms with Gasteiger partial charge in [-0.1, -0.05) is 36.1 Å². The van der Waals surface area contributed by atoms with Crippen molar-refractivity contribution in [3.05, 3.63) is 71.2 Å². The molecule has 8 nitrogen and oxygen atoms in total. The number of amides is 2. The number of nitrogens with one attached hydrogen (secondary N) is 4. The average molecular weight is 490 g/mol. The molecule has 3 heterocycles. The maximum atomic E-state index is 12.9. The highest BCUT2D eigenvalue weighted by molar-refractivity contribution is 6.32. The van der Waals surface area contributed by atoms with Gasteiger partial charge >= 0.3 is 0 Å². The van der Waals surface area contributed by atoms with Gasteiger partial charge in [0, 0.05) is 36.6 Å². The Morgan fingerprint density at radius 2 is 2.20 bits per heavy atom. The minimum Gasteiger partial charge on any atom is -0.493 e. The molecule has 0 saturated carbocycles. The van der Waals surface area contributed by atoms with E-state index in [1.165, 1.54) is 13.2 Å². The molecule has 0 saturated heterocycles. The van der Waals surface area contributed by atoms with Crippen LogP contribution in [0.1, 0.15) is 28.5 Å². The first kappa shape index (κ1) is 23.9. The van der Waals surface area contributed by atoms with Gasteiger partial charge in [0.25, 0.3) is 5.91 Å². The normalized spacial score (nSPS) is 12.9. The number of hydrogen-bond donors (Lipinski definition) is 4. The number of ether oxygens (including phenoxy) is 1. The lowest BCUT2D eigenvalue weighted by Gasteiger charge is -2.17. The van der Waals surface area contributed by atoms with Crippen LogP contribution in [0, 0.1) is 11.8 Å².